The van der Waals surface area contributed by atoms with Gasteiger partial charge in [0.2, 0.25) is 5.56 Å². The van der Waals surface area contributed by atoms with Crippen LogP contribution >= 0.6 is 0 Å². The second-order valence-corrected chi connectivity index (χ2v) is 6.89. The van der Waals surface area contributed by atoms with Crippen LogP contribution in [-0.2, 0) is 0 Å². The molecule has 5 rings (SSSR count). The Hall–Kier alpha value is -3.71. The lowest BCUT2D eigenvalue weighted by atomic mass is 10.2. The summed E-state index contributed by atoms with van der Waals surface area (Å²) < 4.78 is 0. The van der Waals surface area contributed by atoms with E-state index in [0.717, 1.165) is 48.7 Å². The number of benzene rings is 1. The smallest absolute Gasteiger partial charge is 0.248 e. The number of nitrogens with one attached hydrogen (secondary N) is 3. The first kappa shape index (κ1) is 19.6. The summed E-state index contributed by atoms with van der Waals surface area (Å²) in [7, 11) is 0. The van der Waals surface area contributed by atoms with Gasteiger partial charge in [0.25, 0.3) is 0 Å². The zero-order valence-corrected chi connectivity index (χ0v) is 16.6. The van der Waals surface area contributed by atoms with Crippen LogP contribution in [-0.4, -0.2) is 41.1 Å². The Morgan fingerprint density at radius 2 is 1.63 bits per heavy atom. The van der Waals surface area contributed by atoms with Crippen molar-refractivity contribution < 1.29 is 0 Å². The van der Waals surface area contributed by atoms with Crippen LogP contribution in [0.4, 0.5) is 17.3 Å². The van der Waals surface area contributed by atoms with Gasteiger partial charge in [-0.1, -0.05) is 24.3 Å². The first-order valence-electron chi connectivity index (χ1n) is 9.96. The van der Waals surface area contributed by atoms with Crippen LogP contribution in [0.2, 0.25) is 0 Å². The minimum absolute atomic E-state index is 0.0521. The normalized spacial score (nSPS) is 13.4. The maximum Gasteiger partial charge on any atom is 0.248 e. The highest BCUT2D eigenvalue weighted by atomic mass is 16.1. The van der Waals surface area contributed by atoms with Crippen LogP contribution in [0.3, 0.4) is 0 Å². The maximum absolute atomic E-state index is 10.8. The molecule has 0 amide bonds. The van der Waals surface area contributed by atoms with Crippen LogP contribution < -0.4 is 21.1 Å². The van der Waals surface area contributed by atoms with E-state index in [-0.39, 0.29) is 5.56 Å². The topological polar surface area (TPSA) is 85.9 Å². The number of aromatic amines is 1. The summed E-state index contributed by atoms with van der Waals surface area (Å²) in [4.78, 5) is 24.6. The molecule has 152 valence electrons. The van der Waals surface area contributed by atoms with E-state index in [0.29, 0.717) is 0 Å². The number of pyridine rings is 3. The summed E-state index contributed by atoms with van der Waals surface area (Å²) in [6.45, 7) is 4.14. The minimum Gasteiger partial charge on any atom is -0.368 e. The van der Waals surface area contributed by atoms with Crippen molar-refractivity contribution in [2.75, 3.05) is 36.4 Å². The number of piperazine rings is 1. The molecule has 1 aliphatic heterocycles. The molecule has 0 saturated carbocycles. The van der Waals surface area contributed by atoms with Crippen molar-refractivity contribution in [2.24, 2.45) is 0 Å². The van der Waals surface area contributed by atoms with Gasteiger partial charge in [-0.3, -0.25) is 4.79 Å². The summed E-state index contributed by atoms with van der Waals surface area (Å²) >= 11 is 0. The van der Waals surface area contributed by atoms with Gasteiger partial charge < -0.3 is 20.5 Å². The third kappa shape index (κ3) is 5.21. The van der Waals surface area contributed by atoms with Crippen molar-refractivity contribution in [2.45, 2.75) is 0 Å². The van der Waals surface area contributed by atoms with E-state index >= 15 is 0 Å². The highest BCUT2D eigenvalue weighted by molar-refractivity contribution is 5.77. The summed E-state index contributed by atoms with van der Waals surface area (Å²) in [5.74, 6) is 1.63. The fourth-order valence-electron chi connectivity index (χ4n) is 3.23. The van der Waals surface area contributed by atoms with Gasteiger partial charge in [-0.05, 0) is 41.8 Å². The minimum atomic E-state index is -0.0521. The summed E-state index contributed by atoms with van der Waals surface area (Å²) in [6, 6.07) is 20.9. The number of anilines is 3. The fourth-order valence-corrected chi connectivity index (χ4v) is 3.23. The molecule has 1 aromatic carbocycles. The molecule has 0 spiro atoms. The highest BCUT2D eigenvalue weighted by Crippen LogP contribution is 2.17. The SMILES string of the molecule is O=c1ccc2ccccc2[nH]1.c1ccc(Nc2ccc(N3CCNCC3)cn2)nc1. The van der Waals surface area contributed by atoms with Crippen molar-refractivity contribution >= 4 is 28.2 Å². The van der Waals surface area contributed by atoms with Crippen LogP contribution in [0, 0.1) is 0 Å². The summed E-state index contributed by atoms with van der Waals surface area (Å²) in [5, 5.41) is 7.59. The Labute approximate surface area is 174 Å². The summed E-state index contributed by atoms with van der Waals surface area (Å²) in [6.07, 6.45) is 3.67. The van der Waals surface area contributed by atoms with Crippen LogP contribution in [0.1, 0.15) is 0 Å². The molecule has 7 nitrogen and oxygen atoms in total. The fraction of sp³-hybridized carbons (Fsp3) is 0.174. The van der Waals surface area contributed by atoms with Crippen molar-refractivity contribution in [3.63, 3.8) is 0 Å². The lowest BCUT2D eigenvalue weighted by Gasteiger charge is -2.29. The third-order valence-corrected chi connectivity index (χ3v) is 4.78. The molecule has 1 saturated heterocycles. The van der Waals surface area contributed by atoms with E-state index in [1.165, 1.54) is 11.8 Å². The van der Waals surface area contributed by atoms with Crippen molar-refractivity contribution in [3.05, 3.63) is 89.5 Å². The molecule has 0 bridgehead atoms. The molecular weight excluding hydrogens is 376 g/mol. The molecule has 1 fully saturated rings. The van der Waals surface area contributed by atoms with Crippen LogP contribution in [0.25, 0.3) is 10.9 Å². The monoisotopic (exact) mass is 400 g/mol. The number of rotatable bonds is 3. The van der Waals surface area contributed by atoms with E-state index < -0.39 is 0 Å². The lowest BCUT2D eigenvalue weighted by Crippen LogP contribution is -2.43. The lowest BCUT2D eigenvalue weighted by molar-refractivity contribution is 0.589. The standard InChI is InChI=1S/C14H17N5.C9H7NO/c1-2-6-16-13(3-1)18-14-5-4-12(11-17-14)19-9-7-15-8-10-19;11-9-6-5-7-3-1-2-4-8(7)10-9/h1-6,11,15H,7-10H2,(H,16,17,18);1-6H,(H,10,11). The van der Waals surface area contributed by atoms with Gasteiger partial charge in [0.05, 0.1) is 11.9 Å². The first-order chi connectivity index (χ1) is 14.8. The zero-order valence-electron chi connectivity index (χ0n) is 16.6. The van der Waals surface area contributed by atoms with E-state index in [9.17, 15) is 4.79 Å². The molecule has 7 heteroatoms. The van der Waals surface area contributed by atoms with E-state index in [2.05, 4.69) is 36.6 Å². The second-order valence-electron chi connectivity index (χ2n) is 6.89. The van der Waals surface area contributed by atoms with E-state index in [1.54, 1.807) is 6.20 Å². The van der Waals surface area contributed by atoms with Gasteiger partial charge >= 0.3 is 0 Å². The Morgan fingerprint density at radius 1 is 0.833 bits per heavy atom. The second kappa shape index (κ2) is 9.67. The average molecular weight is 400 g/mol. The number of para-hydroxylation sites is 1. The van der Waals surface area contributed by atoms with E-state index in [4.69, 9.17) is 0 Å². The molecule has 3 aromatic heterocycles. The van der Waals surface area contributed by atoms with Crippen molar-refractivity contribution in [3.8, 4) is 0 Å². The third-order valence-electron chi connectivity index (χ3n) is 4.78. The number of fused-ring (bicyclic) bond motifs is 1. The highest BCUT2D eigenvalue weighted by Gasteiger charge is 2.10. The predicted octanol–water partition coefficient (Wildman–Crippen LogP) is 3.16. The van der Waals surface area contributed by atoms with Gasteiger partial charge in [0, 0.05) is 44.0 Å². The van der Waals surface area contributed by atoms with Gasteiger partial charge in [0.1, 0.15) is 11.6 Å². The number of hydrogen-bond acceptors (Lipinski definition) is 6. The molecular formula is C23H24N6O. The molecule has 3 N–H and O–H groups in total. The molecule has 1 aliphatic rings. The van der Waals surface area contributed by atoms with Gasteiger partial charge in [-0.15, -0.1) is 0 Å². The predicted molar refractivity (Wildman–Crippen MR) is 121 cm³/mol. The Morgan fingerprint density at radius 3 is 2.40 bits per heavy atom. The molecule has 4 heterocycles. The molecule has 0 unspecified atom stereocenters. The maximum atomic E-state index is 10.8. The average Bonchev–Trinajstić information content (AvgIpc) is 2.81. The van der Waals surface area contributed by atoms with Gasteiger partial charge in [-0.2, -0.15) is 0 Å². The largest absolute Gasteiger partial charge is 0.368 e. The zero-order chi connectivity index (χ0) is 20.6. The molecule has 30 heavy (non-hydrogen) atoms. The number of aromatic nitrogens is 3. The van der Waals surface area contributed by atoms with Crippen LogP contribution in [0.15, 0.2) is 83.9 Å². The first-order valence-corrected chi connectivity index (χ1v) is 9.96. The Kier molecular flexibility index (Phi) is 6.31. The van der Waals surface area contributed by atoms with Crippen LogP contribution in [0.5, 0.6) is 0 Å². The molecule has 0 aliphatic carbocycles. The summed E-state index contributed by atoms with van der Waals surface area (Å²) in [5.41, 5.74) is 2.01. The number of H-pyrrole nitrogens is 1. The number of hydrogen-bond donors (Lipinski definition) is 3. The van der Waals surface area contributed by atoms with Crippen molar-refractivity contribution in [1.82, 2.24) is 20.3 Å². The quantitative estimate of drug-likeness (QED) is 0.490. The Bertz CT molecular complexity index is 1120. The van der Waals surface area contributed by atoms with Crippen molar-refractivity contribution in [1.29, 1.82) is 0 Å². The van der Waals surface area contributed by atoms with Gasteiger partial charge in [-0.25, -0.2) is 9.97 Å². The molecule has 4 aromatic rings. The van der Waals surface area contributed by atoms with E-state index in [1.807, 2.05) is 60.8 Å². The van der Waals surface area contributed by atoms with Gasteiger partial charge in [0.15, 0.2) is 0 Å². The Balaban J connectivity index is 0.000000168. The number of nitrogens with zero attached hydrogens (tertiary/aromatic N) is 3. The molecule has 0 atom stereocenters. The molecule has 0 radical (unpaired) electrons.